The topological polar surface area (TPSA) is 72.7 Å². The highest BCUT2D eigenvalue weighted by molar-refractivity contribution is 6.04. The molecular formula is C17H23N5O2. The fourth-order valence-electron chi connectivity index (χ4n) is 2.56. The maximum absolute atomic E-state index is 5.46. The number of nitrogens with zero attached hydrogens (tertiary/aromatic N) is 3. The monoisotopic (exact) mass is 329 g/mol. The summed E-state index contributed by atoms with van der Waals surface area (Å²) in [4.78, 5) is 4.49. The minimum absolute atomic E-state index is 0.525. The van der Waals surface area contributed by atoms with Crippen LogP contribution in [0, 0.1) is 6.92 Å². The van der Waals surface area contributed by atoms with Crippen LogP contribution in [0.25, 0.3) is 5.69 Å². The Morgan fingerprint density at radius 3 is 3.04 bits per heavy atom. The molecule has 1 aliphatic rings. The van der Waals surface area contributed by atoms with Gasteiger partial charge in [-0.05, 0) is 24.6 Å². The molecular weight excluding hydrogens is 306 g/mol. The van der Waals surface area contributed by atoms with E-state index in [4.69, 9.17) is 9.47 Å². The molecule has 0 fully saturated rings. The van der Waals surface area contributed by atoms with E-state index >= 15 is 0 Å². The van der Waals surface area contributed by atoms with Crippen molar-refractivity contribution in [3.05, 3.63) is 41.6 Å². The number of ether oxygens (including phenoxy) is 2. The van der Waals surface area contributed by atoms with Gasteiger partial charge < -0.3 is 20.1 Å². The molecule has 0 aliphatic carbocycles. The summed E-state index contributed by atoms with van der Waals surface area (Å²) in [5.74, 6) is 1.80. The Kier molecular flexibility index (Phi) is 5.45. The first-order valence-corrected chi connectivity index (χ1v) is 8.04. The highest BCUT2D eigenvalue weighted by Gasteiger charge is 2.19. The highest BCUT2D eigenvalue weighted by atomic mass is 16.5. The Morgan fingerprint density at radius 2 is 2.21 bits per heavy atom. The number of aromatic nitrogens is 2. The molecule has 0 radical (unpaired) electrons. The van der Waals surface area contributed by atoms with Gasteiger partial charge in [0.15, 0.2) is 0 Å². The molecule has 2 N–H and O–H groups in total. The third-order valence-electron chi connectivity index (χ3n) is 3.72. The Hall–Kier alpha value is -2.38. The molecule has 1 aromatic heterocycles. The van der Waals surface area contributed by atoms with Crippen LogP contribution in [0.4, 0.5) is 5.82 Å². The summed E-state index contributed by atoms with van der Waals surface area (Å²) >= 11 is 0. The summed E-state index contributed by atoms with van der Waals surface area (Å²) < 4.78 is 12.3. The van der Waals surface area contributed by atoms with E-state index < -0.39 is 0 Å². The van der Waals surface area contributed by atoms with Gasteiger partial charge in [0.2, 0.25) is 0 Å². The quantitative estimate of drug-likeness (QED) is 0.754. The lowest BCUT2D eigenvalue weighted by molar-refractivity contribution is 0.0734. The van der Waals surface area contributed by atoms with E-state index in [1.165, 1.54) is 5.56 Å². The number of benzene rings is 1. The van der Waals surface area contributed by atoms with Crippen molar-refractivity contribution in [1.29, 1.82) is 0 Å². The third kappa shape index (κ3) is 3.74. The van der Waals surface area contributed by atoms with Gasteiger partial charge in [0, 0.05) is 13.7 Å². The zero-order valence-corrected chi connectivity index (χ0v) is 14.1. The summed E-state index contributed by atoms with van der Waals surface area (Å²) in [6, 6.07) is 8.26. The molecule has 128 valence electrons. The first kappa shape index (κ1) is 16.5. The molecule has 0 spiro atoms. The lowest BCUT2D eigenvalue weighted by Gasteiger charge is -2.18. The van der Waals surface area contributed by atoms with Gasteiger partial charge in [-0.3, -0.25) is 0 Å². The lowest BCUT2D eigenvalue weighted by atomic mass is 10.2. The molecule has 3 rings (SSSR count). The van der Waals surface area contributed by atoms with E-state index in [2.05, 4.69) is 39.8 Å². The first-order chi connectivity index (χ1) is 11.8. The fourth-order valence-corrected chi connectivity index (χ4v) is 2.56. The van der Waals surface area contributed by atoms with Gasteiger partial charge in [0.1, 0.15) is 18.3 Å². The third-order valence-corrected chi connectivity index (χ3v) is 3.72. The summed E-state index contributed by atoms with van der Waals surface area (Å²) in [5.41, 5.74) is 3.21. The second-order valence-corrected chi connectivity index (χ2v) is 5.53. The average Bonchev–Trinajstić information content (AvgIpc) is 3.03. The van der Waals surface area contributed by atoms with Crippen LogP contribution in [-0.2, 0) is 9.47 Å². The van der Waals surface area contributed by atoms with Crippen LogP contribution >= 0.6 is 0 Å². The van der Waals surface area contributed by atoms with Crippen molar-refractivity contribution in [2.45, 2.75) is 6.92 Å². The molecule has 0 bridgehead atoms. The van der Waals surface area contributed by atoms with Gasteiger partial charge in [-0.2, -0.15) is 5.10 Å². The number of aryl methyl sites for hydroxylation is 1. The van der Waals surface area contributed by atoms with Crippen molar-refractivity contribution >= 4 is 11.7 Å². The lowest BCUT2D eigenvalue weighted by Crippen LogP contribution is -2.32. The summed E-state index contributed by atoms with van der Waals surface area (Å²) in [7, 11) is 1.67. The van der Waals surface area contributed by atoms with Crippen molar-refractivity contribution < 1.29 is 9.47 Å². The average molecular weight is 329 g/mol. The number of nitrogens with one attached hydrogen (secondary N) is 2. The molecule has 1 aromatic carbocycles. The van der Waals surface area contributed by atoms with Crippen molar-refractivity contribution in [1.82, 2.24) is 15.1 Å². The van der Waals surface area contributed by atoms with E-state index in [0.717, 1.165) is 22.9 Å². The van der Waals surface area contributed by atoms with Crippen LogP contribution in [0.3, 0.4) is 0 Å². The zero-order valence-electron chi connectivity index (χ0n) is 14.1. The normalized spacial score (nSPS) is 13.2. The van der Waals surface area contributed by atoms with Gasteiger partial charge in [-0.15, -0.1) is 0 Å². The molecule has 0 saturated carbocycles. The highest BCUT2D eigenvalue weighted by Crippen LogP contribution is 2.23. The number of fused-ring (bicyclic) bond motifs is 1. The number of methoxy groups -OCH3 is 1. The van der Waals surface area contributed by atoms with E-state index in [0.29, 0.717) is 33.0 Å². The molecule has 1 aliphatic heterocycles. The van der Waals surface area contributed by atoms with Gasteiger partial charge in [0.05, 0.1) is 37.3 Å². The van der Waals surface area contributed by atoms with Crippen LogP contribution in [0.1, 0.15) is 11.1 Å². The number of hydrogen-bond donors (Lipinski definition) is 2. The second-order valence-electron chi connectivity index (χ2n) is 5.53. The molecule has 0 amide bonds. The Balaban J connectivity index is 1.66. The number of hydrogen-bond acceptors (Lipinski definition) is 6. The summed E-state index contributed by atoms with van der Waals surface area (Å²) in [6.45, 7) is 5.11. The number of amidine groups is 1. The maximum atomic E-state index is 5.46. The molecule has 2 heterocycles. The van der Waals surface area contributed by atoms with E-state index in [-0.39, 0.29) is 0 Å². The Labute approximate surface area is 141 Å². The van der Waals surface area contributed by atoms with E-state index in [1.54, 1.807) is 7.11 Å². The number of rotatable bonds is 7. The number of aliphatic imine (C=N–C) groups is 1. The zero-order chi connectivity index (χ0) is 16.8. The van der Waals surface area contributed by atoms with Crippen LogP contribution in [0.15, 0.2) is 35.5 Å². The van der Waals surface area contributed by atoms with Crippen molar-refractivity contribution in [3.8, 4) is 5.69 Å². The molecule has 24 heavy (non-hydrogen) atoms. The van der Waals surface area contributed by atoms with Gasteiger partial charge >= 0.3 is 0 Å². The fraction of sp³-hybridized carbons (Fsp3) is 0.412. The second kappa shape index (κ2) is 7.94. The van der Waals surface area contributed by atoms with Crippen LogP contribution in [0.5, 0.6) is 0 Å². The predicted octanol–water partition coefficient (Wildman–Crippen LogP) is 1.56. The molecule has 7 nitrogen and oxygen atoms in total. The molecule has 0 saturated heterocycles. The maximum Gasteiger partial charge on any atom is 0.142 e. The minimum atomic E-state index is 0.525. The smallest absolute Gasteiger partial charge is 0.142 e. The summed E-state index contributed by atoms with van der Waals surface area (Å²) in [5, 5.41) is 11.1. The Bertz CT molecular complexity index is 711. The van der Waals surface area contributed by atoms with Gasteiger partial charge in [0.25, 0.3) is 0 Å². The predicted molar refractivity (Wildman–Crippen MR) is 94.0 cm³/mol. The van der Waals surface area contributed by atoms with Gasteiger partial charge in [-0.25, -0.2) is 9.67 Å². The van der Waals surface area contributed by atoms with Crippen molar-refractivity contribution in [3.63, 3.8) is 0 Å². The van der Waals surface area contributed by atoms with Crippen molar-refractivity contribution in [2.24, 2.45) is 4.99 Å². The van der Waals surface area contributed by atoms with Crippen molar-refractivity contribution in [2.75, 3.05) is 45.5 Å². The molecule has 7 heteroatoms. The van der Waals surface area contributed by atoms with Crippen LogP contribution in [0.2, 0.25) is 0 Å². The number of anilines is 1. The molecule has 0 unspecified atom stereocenters. The Morgan fingerprint density at radius 1 is 1.29 bits per heavy atom. The largest absolute Gasteiger partial charge is 0.382 e. The van der Waals surface area contributed by atoms with Crippen LogP contribution < -0.4 is 10.6 Å². The minimum Gasteiger partial charge on any atom is -0.382 e. The molecule has 2 aromatic rings. The van der Waals surface area contributed by atoms with Crippen LogP contribution in [-0.4, -0.2) is 55.8 Å². The first-order valence-electron chi connectivity index (χ1n) is 8.04. The van der Waals surface area contributed by atoms with Gasteiger partial charge in [-0.1, -0.05) is 12.1 Å². The standard InChI is InChI=1S/C17H23N5O2/c1-13-4-3-5-14(10-13)22-17-15(11-21-22)16(19-12-20-17)18-6-7-24-9-8-23-2/h3-5,10-11,20H,6-9,12H2,1-2H3,(H,18,19). The van der Waals surface area contributed by atoms with E-state index in [1.807, 2.05) is 23.0 Å². The van der Waals surface area contributed by atoms with E-state index in [9.17, 15) is 0 Å². The summed E-state index contributed by atoms with van der Waals surface area (Å²) in [6.07, 6.45) is 1.83. The SMILES string of the molecule is COCCOCCNC1=NCNc2c1cnn2-c1cccc(C)c1. The molecule has 0 atom stereocenters.